The summed E-state index contributed by atoms with van der Waals surface area (Å²) in [5.74, 6) is 0. The molecule has 2 aromatic carbocycles. The van der Waals surface area contributed by atoms with E-state index < -0.39 is 0 Å². The van der Waals surface area contributed by atoms with Crippen molar-refractivity contribution in [1.82, 2.24) is 4.57 Å². The third kappa shape index (κ3) is 2.72. The molecule has 1 heterocycles. The van der Waals surface area contributed by atoms with Gasteiger partial charge < -0.3 is 4.57 Å². The molecule has 0 saturated carbocycles. The first kappa shape index (κ1) is 15.9. The number of aromatic nitrogens is 1. The van der Waals surface area contributed by atoms with Gasteiger partial charge in [-0.2, -0.15) is 0 Å². The molecule has 1 aromatic heterocycles. The quantitative estimate of drug-likeness (QED) is 0.660. The van der Waals surface area contributed by atoms with Crippen LogP contribution in [-0.2, 0) is 19.9 Å². The second-order valence-electron chi connectivity index (χ2n) is 7.15. The zero-order valence-corrected chi connectivity index (χ0v) is 15.1. The maximum absolute atomic E-state index is 11.6. The van der Waals surface area contributed by atoms with Crippen LogP contribution in [-0.4, -0.2) is 4.57 Å². The molecule has 0 N–H and O–H groups in total. The minimum atomic E-state index is 0.0219. The second kappa shape index (κ2) is 6.03. The summed E-state index contributed by atoms with van der Waals surface area (Å²) in [7, 11) is 1.80. The van der Waals surface area contributed by atoms with Gasteiger partial charge in [-0.1, -0.05) is 30.3 Å². The first-order chi connectivity index (χ1) is 12.0. The minimum absolute atomic E-state index is 0.0219. The molecule has 0 bridgehead atoms. The summed E-state index contributed by atoms with van der Waals surface area (Å²) in [6, 6.07) is 14.8. The van der Waals surface area contributed by atoms with Crippen molar-refractivity contribution < 1.29 is 0 Å². The van der Waals surface area contributed by atoms with Crippen LogP contribution < -0.4 is 5.56 Å². The normalized spacial score (nSPS) is 13.1. The summed E-state index contributed by atoms with van der Waals surface area (Å²) >= 11 is 0. The molecule has 0 radical (unpaired) electrons. The number of hydrogen-bond acceptors (Lipinski definition) is 1. The van der Waals surface area contributed by atoms with E-state index in [0.29, 0.717) is 0 Å². The van der Waals surface area contributed by atoms with E-state index in [4.69, 9.17) is 0 Å². The van der Waals surface area contributed by atoms with E-state index >= 15 is 0 Å². The van der Waals surface area contributed by atoms with E-state index in [-0.39, 0.29) is 5.56 Å². The molecule has 3 aromatic rings. The largest absolute Gasteiger partial charge is 0.318 e. The molecule has 126 valence electrons. The fourth-order valence-electron chi connectivity index (χ4n) is 4.17. The summed E-state index contributed by atoms with van der Waals surface area (Å²) in [6.07, 6.45) is 5.57. The molecule has 2 heteroatoms. The van der Waals surface area contributed by atoms with Gasteiger partial charge in [-0.05, 0) is 83.7 Å². The van der Waals surface area contributed by atoms with Crippen molar-refractivity contribution in [2.45, 2.75) is 33.1 Å². The molecule has 25 heavy (non-hydrogen) atoms. The van der Waals surface area contributed by atoms with Crippen molar-refractivity contribution >= 4 is 0 Å². The van der Waals surface area contributed by atoms with Crippen LogP contribution in [0.25, 0.3) is 22.3 Å². The van der Waals surface area contributed by atoms with Gasteiger partial charge in [-0.25, -0.2) is 0 Å². The van der Waals surface area contributed by atoms with Crippen molar-refractivity contribution in [2.24, 2.45) is 7.05 Å². The summed E-state index contributed by atoms with van der Waals surface area (Å²) in [5, 5.41) is 0. The Hall–Kier alpha value is -2.61. The number of fused-ring (bicyclic) bond motifs is 1. The Morgan fingerprint density at radius 3 is 2.40 bits per heavy atom. The number of aryl methyl sites for hydroxylation is 4. The Labute approximate surface area is 148 Å². The van der Waals surface area contributed by atoms with Crippen LogP contribution in [0.1, 0.15) is 28.7 Å². The van der Waals surface area contributed by atoms with Crippen LogP contribution in [0.15, 0.2) is 53.5 Å². The molecule has 0 amide bonds. The third-order valence-electron chi connectivity index (χ3n) is 5.37. The zero-order valence-electron chi connectivity index (χ0n) is 15.1. The van der Waals surface area contributed by atoms with Crippen LogP contribution in [0.2, 0.25) is 0 Å². The maximum Gasteiger partial charge on any atom is 0.250 e. The molecular weight excluding hydrogens is 306 g/mol. The van der Waals surface area contributed by atoms with Crippen LogP contribution >= 0.6 is 0 Å². The summed E-state index contributed by atoms with van der Waals surface area (Å²) < 4.78 is 1.64. The zero-order chi connectivity index (χ0) is 17.6. The molecule has 0 aliphatic heterocycles. The number of benzene rings is 2. The van der Waals surface area contributed by atoms with E-state index in [0.717, 1.165) is 5.56 Å². The smallest absolute Gasteiger partial charge is 0.250 e. The molecule has 1 aliphatic rings. The number of nitrogens with zero attached hydrogens (tertiary/aromatic N) is 1. The molecule has 0 fully saturated rings. The lowest BCUT2D eigenvalue weighted by molar-refractivity contribution is 0.862. The summed E-state index contributed by atoms with van der Waals surface area (Å²) in [6.45, 7) is 4.39. The highest BCUT2D eigenvalue weighted by molar-refractivity contribution is 5.79. The fraction of sp³-hybridized carbons (Fsp3) is 0.261. The molecule has 0 saturated heterocycles. The first-order valence-electron chi connectivity index (χ1n) is 8.94. The lowest BCUT2D eigenvalue weighted by Gasteiger charge is -2.16. The summed E-state index contributed by atoms with van der Waals surface area (Å²) in [5.41, 5.74) is 10.7. The lowest BCUT2D eigenvalue weighted by Crippen LogP contribution is -2.13. The Bertz CT molecular complexity index is 1000. The van der Waals surface area contributed by atoms with E-state index in [1.165, 1.54) is 58.2 Å². The Morgan fingerprint density at radius 1 is 0.920 bits per heavy atom. The number of rotatable bonds is 2. The Balaban J connectivity index is 1.86. The average molecular weight is 329 g/mol. The van der Waals surface area contributed by atoms with Crippen LogP contribution in [0.4, 0.5) is 0 Å². The van der Waals surface area contributed by atoms with Gasteiger partial charge in [0.2, 0.25) is 5.56 Å². The van der Waals surface area contributed by atoms with Crippen molar-refractivity contribution in [1.29, 1.82) is 0 Å². The standard InChI is InChI=1S/C23H23NO/c1-15-12-19(18-10-11-22(25)24(3)14-18)13-16(2)23(15)21-9-5-7-17-6-4-8-20(17)21/h5,7,9-14H,4,6,8H2,1-3H3. The first-order valence-corrected chi connectivity index (χ1v) is 8.94. The molecular formula is C23H23NO. The van der Waals surface area contributed by atoms with Crippen molar-refractivity contribution in [2.75, 3.05) is 0 Å². The maximum atomic E-state index is 11.6. The Kier molecular flexibility index (Phi) is 3.84. The Morgan fingerprint density at radius 2 is 1.68 bits per heavy atom. The van der Waals surface area contributed by atoms with Gasteiger partial charge in [0.25, 0.3) is 0 Å². The van der Waals surface area contributed by atoms with Crippen molar-refractivity contribution in [3.05, 3.63) is 81.3 Å². The van der Waals surface area contributed by atoms with Gasteiger partial charge in [-0.3, -0.25) is 4.79 Å². The number of hydrogen-bond donors (Lipinski definition) is 0. The molecule has 4 rings (SSSR count). The highest BCUT2D eigenvalue weighted by Gasteiger charge is 2.18. The SMILES string of the molecule is Cc1cc(-c2ccc(=O)n(C)c2)cc(C)c1-c1cccc2c1CCC2. The monoisotopic (exact) mass is 329 g/mol. The van der Waals surface area contributed by atoms with Gasteiger partial charge in [0.1, 0.15) is 0 Å². The molecule has 1 aliphatic carbocycles. The van der Waals surface area contributed by atoms with Crippen LogP contribution in [0, 0.1) is 13.8 Å². The van der Waals surface area contributed by atoms with E-state index in [1.807, 2.05) is 12.3 Å². The predicted molar refractivity (Wildman–Crippen MR) is 104 cm³/mol. The molecule has 0 unspecified atom stereocenters. The van der Waals surface area contributed by atoms with Crippen LogP contribution in [0.5, 0.6) is 0 Å². The van der Waals surface area contributed by atoms with Crippen molar-refractivity contribution in [3.8, 4) is 22.3 Å². The van der Waals surface area contributed by atoms with Gasteiger partial charge in [0.05, 0.1) is 0 Å². The molecule has 0 spiro atoms. The molecule has 2 nitrogen and oxygen atoms in total. The lowest BCUT2D eigenvalue weighted by atomic mass is 9.88. The van der Waals surface area contributed by atoms with Crippen molar-refractivity contribution in [3.63, 3.8) is 0 Å². The third-order valence-corrected chi connectivity index (χ3v) is 5.37. The van der Waals surface area contributed by atoms with E-state index in [9.17, 15) is 4.79 Å². The van der Waals surface area contributed by atoms with Gasteiger partial charge >= 0.3 is 0 Å². The van der Waals surface area contributed by atoms with Gasteiger partial charge in [-0.15, -0.1) is 0 Å². The van der Waals surface area contributed by atoms with Crippen LogP contribution in [0.3, 0.4) is 0 Å². The topological polar surface area (TPSA) is 22.0 Å². The highest BCUT2D eigenvalue weighted by atomic mass is 16.1. The average Bonchev–Trinajstić information content (AvgIpc) is 3.06. The second-order valence-corrected chi connectivity index (χ2v) is 7.15. The van der Waals surface area contributed by atoms with Gasteiger partial charge in [0, 0.05) is 19.3 Å². The minimum Gasteiger partial charge on any atom is -0.318 e. The van der Waals surface area contributed by atoms with E-state index in [2.05, 4.69) is 44.2 Å². The highest BCUT2D eigenvalue weighted by Crippen LogP contribution is 2.37. The summed E-state index contributed by atoms with van der Waals surface area (Å²) in [4.78, 5) is 11.6. The van der Waals surface area contributed by atoms with E-state index in [1.54, 1.807) is 17.7 Å². The van der Waals surface area contributed by atoms with Gasteiger partial charge in [0.15, 0.2) is 0 Å². The molecule has 0 atom stereocenters. The predicted octanol–water partition coefficient (Wildman–Crippen LogP) is 4.82. The number of pyridine rings is 1. The fourth-order valence-corrected chi connectivity index (χ4v) is 4.17.